The van der Waals surface area contributed by atoms with E-state index in [-0.39, 0.29) is 11.9 Å². The van der Waals surface area contributed by atoms with Gasteiger partial charge in [0.15, 0.2) is 0 Å². The van der Waals surface area contributed by atoms with Crippen LogP contribution >= 0.6 is 0 Å². The van der Waals surface area contributed by atoms with E-state index in [0.717, 1.165) is 36.1 Å². The summed E-state index contributed by atoms with van der Waals surface area (Å²) in [6.45, 7) is 1.39. The summed E-state index contributed by atoms with van der Waals surface area (Å²) in [6, 6.07) is 7.82. The third-order valence-corrected chi connectivity index (χ3v) is 3.98. The molecule has 1 unspecified atom stereocenters. The number of nitrogens with one attached hydrogen (secondary N) is 1. The summed E-state index contributed by atoms with van der Waals surface area (Å²) in [5.74, 6) is 0.740. The molecular formula is C16H20N2O3. The van der Waals surface area contributed by atoms with Gasteiger partial charge in [0.1, 0.15) is 11.4 Å². The number of aryl methyl sites for hydroxylation is 1. The van der Waals surface area contributed by atoms with Crippen LogP contribution in [0.4, 0.5) is 0 Å². The minimum absolute atomic E-state index is 0.0526. The first-order chi connectivity index (χ1) is 10.2. The van der Waals surface area contributed by atoms with Crippen LogP contribution in [0.2, 0.25) is 0 Å². The molecule has 0 aliphatic carbocycles. The van der Waals surface area contributed by atoms with Crippen LogP contribution in [0.25, 0.3) is 10.9 Å². The number of benzene rings is 1. The second kappa shape index (κ2) is 5.77. The zero-order valence-electron chi connectivity index (χ0n) is 12.4. The van der Waals surface area contributed by atoms with Crippen molar-refractivity contribution >= 4 is 16.8 Å². The van der Waals surface area contributed by atoms with Gasteiger partial charge in [0.05, 0.1) is 19.8 Å². The van der Waals surface area contributed by atoms with Gasteiger partial charge in [-0.1, -0.05) is 0 Å². The Bertz CT molecular complexity index is 657. The number of hydrogen-bond donors (Lipinski definition) is 1. The molecule has 0 saturated carbocycles. The summed E-state index contributed by atoms with van der Waals surface area (Å²) in [5, 5.41) is 4.05. The molecule has 5 nitrogen and oxygen atoms in total. The largest absolute Gasteiger partial charge is 0.497 e. The molecule has 21 heavy (non-hydrogen) atoms. The summed E-state index contributed by atoms with van der Waals surface area (Å²) >= 11 is 0. The zero-order chi connectivity index (χ0) is 14.8. The SMILES string of the molecule is COc1ccc2c(c1)cc(C(=O)NC1CCCOC1)n2C. The van der Waals surface area contributed by atoms with E-state index in [1.54, 1.807) is 7.11 Å². The van der Waals surface area contributed by atoms with Crippen LogP contribution in [0.5, 0.6) is 5.75 Å². The molecule has 1 aromatic heterocycles. The summed E-state index contributed by atoms with van der Waals surface area (Å²) < 4.78 is 12.5. The Morgan fingerprint density at radius 2 is 2.29 bits per heavy atom. The average Bonchev–Trinajstić information content (AvgIpc) is 2.85. The molecule has 112 valence electrons. The molecule has 2 heterocycles. The van der Waals surface area contributed by atoms with Gasteiger partial charge in [-0.15, -0.1) is 0 Å². The predicted molar refractivity (Wildman–Crippen MR) is 80.8 cm³/mol. The fourth-order valence-electron chi connectivity index (χ4n) is 2.79. The average molecular weight is 288 g/mol. The predicted octanol–water partition coefficient (Wildman–Crippen LogP) is 2.10. The fraction of sp³-hybridized carbons (Fsp3) is 0.438. The number of carbonyl (C=O) groups is 1. The number of aromatic nitrogens is 1. The fourth-order valence-corrected chi connectivity index (χ4v) is 2.79. The van der Waals surface area contributed by atoms with E-state index in [2.05, 4.69) is 5.32 Å². The lowest BCUT2D eigenvalue weighted by Gasteiger charge is -2.23. The number of fused-ring (bicyclic) bond motifs is 1. The Hall–Kier alpha value is -2.01. The molecule has 1 amide bonds. The molecule has 2 aromatic rings. The van der Waals surface area contributed by atoms with Crippen LogP contribution in [-0.4, -0.2) is 36.8 Å². The minimum atomic E-state index is -0.0526. The quantitative estimate of drug-likeness (QED) is 0.941. The van der Waals surface area contributed by atoms with Crippen molar-refractivity contribution in [1.29, 1.82) is 0 Å². The van der Waals surface area contributed by atoms with Crippen molar-refractivity contribution in [2.75, 3.05) is 20.3 Å². The maximum Gasteiger partial charge on any atom is 0.268 e. The van der Waals surface area contributed by atoms with Crippen LogP contribution in [0.1, 0.15) is 23.3 Å². The molecule has 1 N–H and O–H groups in total. The van der Waals surface area contributed by atoms with Gasteiger partial charge in [-0.3, -0.25) is 4.79 Å². The van der Waals surface area contributed by atoms with Gasteiger partial charge in [-0.25, -0.2) is 0 Å². The molecule has 1 fully saturated rings. The molecule has 0 bridgehead atoms. The minimum Gasteiger partial charge on any atom is -0.497 e. The van der Waals surface area contributed by atoms with E-state index in [0.29, 0.717) is 12.3 Å². The van der Waals surface area contributed by atoms with E-state index in [9.17, 15) is 4.79 Å². The molecule has 1 aliphatic heterocycles. The van der Waals surface area contributed by atoms with Gasteiger partial charge in [0.2, 0.25) is 0 Å². The van der Waals surface area contributed by atoms with Gasteiger partial charge in [0.25, 0.3) is 5.91 Å². The number of amides is 1. The first kappa shape index (κ1) is 13.9. The van der Waals surface area contributed by atoms with Crippen LogP contribution in [-0.2, 0) is 11.8 Å². The third kappa shape index (κ3) is 2.74. The summed E-state index contributed by atoms with van der Waals surface area (Å²) in [7, 11) is 3.54. The van der Waals surface area contributed by atoms with Gasteiger partial charge >= 0.3 is 0 Å². The number of carbonyl (C=O) groups excluding carboxylic acids is 1. The Kier molecular flexibility index (Phi) is 3.84. The normalized spacial score (nSPS) is 18.7. The van der Waals surface area contributed by atoms with Gasteiger partial charge in [0, 0.05) is 24.6 Å². The lowest BCUT2D eigenvalue weighted by atomic mass is 10.1. The zero-order valence-corrected chi connectivity index (χ0v) is 12.4. The highest BCUT2D eigenvalue weighted by atomic mass is 16.5. The molecule has 1 saturated heterocycles. The lowest BCUT2D eigenvalue weighted by Crippen LogP contribution is -2.41. The van der Waals surface area contributed by atoms with E-state index in [1.807, 2.05) is 35.9 Å². The molecule has 1 atom stereocenters. The van der Waals surface area contributed by atoms with Crippen molar-refractivity contribution in [1.82, 2.24) is 9.88 Å². The summed E-state index contributed by atoms with van der Waals surface area (Å²) in [4.78, 5) is 12.4. The van der Waals surface area contributed by atoms with Crippen molar-refractivity contribution in [3.63, 3.8) is 0 Å². The van der Waals surface area contributed by atoms with Gasteiger partial charge in [-0.05, 0) is 37.1 Å². The molecule has 1 aromatic carbocycles. The first-order valence-corrected chi connectivity index (χ1v) is 7.21. The van der Waals surface area contributed by atoms with E-state index >= 15 is 0 Å². The lowest BCUT2D eigenvalue weighted by molar-refractivity contribution is 0.0620. The number of methoxy groups -OCH3 is 1. The van der Waals surface area contributed by atoms with Crippen LogP contribution in [0.3, 0.4) is 0 Å². The Labute approximate surface area is 123 Å². The highest BCUT2D eigenvalue weighted by Crippen LogP contribution is 2.24. The molecule has 0 radical (unpaired) electrons. The second-order valence-electron chi connectivity index (χ2n) is 5.40. The molecule has 1 aliphatic rings. The topological polar surface area (TPSA) is 52.5 Å². The van der Waals surface area contributed by atoms with Crippen molar-refractivity contribution in [2.45, 2.75) is 18.9 Å². The Morgan fingerprint density at radius 3 is 3.00 bits per heavy atom. The highest BCUT2D eigenvalue weighted by Gasteiger charge is 2.19. The van der Waals surface area contributed by atoms with Crippen molar-refractivity contribution in [3.05, 3.63) is 30.0 Å². The first-order valence-electron chi connectivity index (χ1n) is 7.21. The van der Waals surface area contributed by atoms with E-state index in [4.69, 9.17) is 9.47 Å². The molecule has 3 rings (SSSR count). The summed E-state index contributed by atoms with van der Waals surface area (Å²) in [6.07, 6.45) is 1.97. The Morgan fingerprint density at radius 1 is 1.43 bits per heavy atom. The monoisotopic (exact) mass is 288 g/mol. The molecule has 5 heteroatoms. The van der Waals surface area contributed by atoms with Crippen LogP contribution in [0.15, 0.2) is 24.3 Å². The smallest absolute Gasteiger partial charge is 0.268 e. The number of hydrogen-bond acceptors (Lipinski definition) is 3. The maximum absolute atomic E-state index is 12.4. The van der Waals surface area contributed by atoms with Gasteiger partial charge < -0.3 is 19.4 Å². The standard InChI is InChI=1S/C16H20N2O3/c1-18-14-6-5-13(20-2)8-11(14)9-15(18)16(19)17-12-4-3-7-21-10-12/h5-6,8-9,12H,3-4,7,10H2,1-2H3,(H,17,19). The molecular weight excluding hydrogens is 268 g/mol. The maximum atomic E-state index is 12.4. The van der Waals surface area contributed by atoms with Crippen molar-refractivity contribution in [3.8, 4) is 5.75 Å². The van der Waals surface area contributed by atoms with Crippen LogP contribution in [0, 0.1) is 0 Å². The number of ether oxygens (including phenoxy) is 2. The second-order valence-corrected chi connectivity index (χ2v) is 5.40. The highest BCUT2D eigenvalue weighted by molar-refractivity contribution is 5.99. The molecule has 0 spiro atoms. The number of rotatable bonds is 3. The van der Waals surface area contributed by atoms with Crippen molar-refractivity contribution < 1.29 is 14.3 Å². The third-order valence-electron chi connectivity index (χ3n) is 3.98. The number of nitrogens with zero attached hydrogens (tertiary/aromatic N) is 1. The van der Waals surface area contributed by atoms with Gasteiger partial charge in [-0.2, -0.15) is 0 Å². The van der Waals surface area contributed by atoms with E-state index in [1.165, 1.54) is 0 Å². The van der Waals surface area contributed by atoms with Crippen molar-refractivity contribution in [2.24, 2.45) is 7.05 Å². The van der Waals surface area contributed by atoms with Crippen LogP contribution < -0.4 is 10.1 Å². The summed E-state index contributed by atoms with van der Waals surface area (Å²) in [5.41, 5.74) is 1.67. The van der Waals surface area contributed by atoms with E-state index < -0.39 is 0 Å². The Balaban J connectivity index is 1.85.